The molecular formula is C15H30. The van der Waals surface area contributed by atoms with Crippen molar-refractivity contribution in [3.63, 3.8) is 0 Å². The summed E-state index contributed by atoms with van der Waals surface area (Å²) in [4.78, 5) is 0. The molecule has 1 aliphatic rings. The van der Waals surface area contributed by atoms with E-state index in [1.54, 1.807) is 0 Å². The van der Waals surface area contributed by atoms with Crippen LogP contribution in [-0.2, 0) is 0 Å². The van der Waals surface area contributed by atoms with Gasteiger partial charge in [-0.05, 0) is 55.3 Å². The molecule has 0 aromatic rings. The lowest BCUT2D eigenvalue weighted by Gasteiger charge is -2.38. The molecule has 2 unspecified atom stereocenters. The highest BCUT2D eigenvalue weighted by Gasteiger charge is 2.30. The Bertz CT molecular complexity index is 173. The van der Waals surface area contributed by atoms with E-state index in [0.717, 1.165) is 17.8 Å². The van der Waals surface area contributed by atoms with Gasteiger partial charge in [-0.2, -0.15) is 0 Å². The van der Waals surface area contributed by atoms with Crippen molar-refractivity contribution >= 4 is 0 Å². The van der Waals surface area contributed by atoms with Gasteiger partial charge in [0, 0.05) is 0 Å². The van der Waals surface area contributed by atoms with Crippen molar-refractivity contribution in [3.05, 3.63) is 0 Å². The van der Waals surface area contributed by atoms with E-state index < -0.39 is 0 Å². The topological polar surface area (TPSA) is 0 Å². The van der Waals surface area contributed by atoms with Crippen molar-refractivity contribution in [2.75, 3.05) is 0 Å². The van der Waals surface area contributed by atoms with Crippen LogP contribution < -0.4 is 0 Å². The lowest BCUT2D eigenvalue weighted by Crippen LogP contribution is -2.27. The van der Waals surface area contributed by atoms with Gasteiger partial charge in [-0.15, -0.1) is 0 Å². The molecule has 0 N–H and O–H groups in total. The monoisotopic (exact) mass is 210 g/mol. The third-order valence-corrected chi connectivity index (χ3v) is 3.95. The summed E-state index contributed by atoms with van der Waals surface area (Å²) in [5.74, 6) is 3.05. The molecule has 0 saturated heterocycles. The first-order chi connectivity index (χ1) is 6.88. The van der Waals surface area contributed by atoms with Gasteiger partial charge in [-0.1, -0.05) is 41.0 Å². The molecule has 0 heteroatoms. The first-order valence-corrected chi connectivity index (χ1v) is 6.88. The van der Waals surface area contributed by atoms with E-state index in [4.69, 9.17) is 0 Å². The second kappa shape index (κ2) is 5.37. The minimum Gasteiger partial charge on any atom is -0.0628 e. The maximum Gasteiger partial charge on any atom is -0.0383 e. The Kier molecular flexibility index (Phi) is 4.67. The molecule has 1 fully saturated rings. The Morgan fingerprint density at radius 1 is 1.00 bits per heavy atom. The maximum atomic E-state index is 2.37. The lowest BCUT2D eigenvalue weighted by molar-refractivity contribution is 0.128. The maximum absolute atomic E-state index is 2.37. The third-order valence-electron chi connectivity index (χ3n) is 3.95. The summed E-state index contributed by atoms with van der Waals surface area (Å²) in [6.07, 6.45) is 8.85. The van der Waals surface area contributed by atoms with E-state index >= 15 is 0 Å². The zero-order chi connectivity index (χ0) is 11.5. The van der Waals surface area contributed by atoms with E-state index in [1.807, 2.05) is 0 Å². The van der Waals surface area contributed by atoms with Crippen molar-refractivity contribution in [2.45, 2.75) is 73.1 Å². The predicted molar refractivity (Wildman–Crippen MR) is 69.0 cm³/mol. The third kappa shape index (κ3) is 5.04. The minimum absolute atomic E-state index is 0.540. The van der Waals surface area contributed by atoms with Crippen molar-refractivity contribution in [1.82, 2.24) is 0 Å². The van der Waals surface area contributed by atoms with Gasteiger partial charge >= 0.3 is 0 Å². The van der Waals surface area contributed by atoms with Crippen LogP contribution in [0, 0.1) is 23.2 Å². The van der Waals surface area contributed by atoms with Gasteiger partial charge in [0.25, 0.3) is 0 Å². The molecule has 90 valence electrons. The molecule has 0 radical (unpaired) electrons. The Morgan fingerprint density at radius 3 is 1.93 bits per heavy atom. The van der Waals surface area contributed by atoms with Crippen LogP contribution in [0.1, 0.15) is 73.1 Å². The number of rotatable bonds is 5. The zero-order valence-electron chi connectivity index (χ0n) is 11.5. The van der Waals surface area contributed by atoms with Crippen LogP contribution in [0.3, 0.4) is 0 Å². The molecule has 1 saturated carbocycles. The highest BCUT2D eigenvalue weighted by atomic mass is 14.4. The molecule has 1 aliphatic carbocycles. The smallest absolute Gasteiger partial charge is 0.0383 e. The van der Waals surface area contributed by atoms with E-state index in [-0.39, 0.29) is 0 Å². The number of hydrogen-bond donors (Lipinski definition) is 0. The highest BCUT2D eigenvalue weighted by molar-refractivity contribution is 4.82. The summed E-state index contributed by atoms with van der Waals surface area (Å²) in [5.41, 5.74) is 0.540. The average molecular weight is 210 g/mol. The lowest BCUT2D eigenvalue weighted by atomic mass is 9.67. The fourth-order valence-electron chi connectivity index (χ4n) is 2.56. The Morgan fingerprint density at radius 2 is 1.53 bits per heavy atom. The average Bonchev–Trinajstić information content (AvgIpc) is 1.99. The van der Waals surface area contributed by atoms with Gasteiger partial charge in [0.2, 0.25) is 0 Å². The van der Waals surface area contributed by atoms with Crippen LogP contribution in [0.5, 0.6) is 0 Å². The molecular weight excluding hydrogens is 180 g/mol. The van der Waals surface area contributed by atoms with Crippen LogP contribution in [0.2, 0.25) is 0 Å². The Hall–Kier alpha value is 0. The minimum atomic E-state index is 0.540. The molecule has 2 atom stereocenters. The highest BCUT2D eigenvalue weighted by Crippen LogP contribution is 2.42. The first kappa shape index (κ1) is 13.1. The summed E-state index contributed by atoms with van der Waals surface area (Å²) in [7, 11) is 0. The number of hydrogen-bond acceptors (Lipinski definition) is 0. The quantitative estimate of drug-likeness (QED) is 0.579. The summed E-state index contributed by atoms with van der Waals surface area (Å²) < 4.78 is 0. The normalized spacial score (nSPS) is 26.8. The van der Waals surface area contributed by atoms with E-state index in [0.29, 0.717) is 5.41 Å². The molecule has 0 heterocycles. The first-order valence-electron chi connectivity index (χ1n) is 6.88. The fourth-order valence-corrected chi connectivity index (χ4v) is 2.56. The summed E-state index contributed by atoms with van der Waals surface area (Å²) in [6, 6.07) is 0. The SMILES string of the molecule is CC(C)CCC1CCC1CCC(C)(C)C. The predicted octanol–water partition coefficient (Wildman–Crippen LogP) is 5.28. The molecule has 0 aliphatic heterocycles. The van der Waals surface area contributed by atoms with E-state index in [2.05, 4.69) is 34.6 Å². The molecule has 0 aromatic heterocycles. The van der Waals surface area contributed by atoms with Crippen molar-refractivity contribution < 1.29 is 0 Å². The molecule has 15 heavy (non-hydrogen) atoms. The summed E-state index contributed by atoms with van der Waals surface area (Å²) >= 11 is 0. The van der Waals surface area contributed by atoms with Crippen LogP contribution in [-0.4, -0.2) is 0 Å². The van der Waals surface area contributed by atoms with Crippen molar-refractivity contribution in [3.8, 4) is 0 Å². The van der Waals surface area contributed by atoms with Gasteiger partial charge in [0.05, 0.1) is 0 Å². The van der Waals surface area contributed by atoms with E-state index in [1.165, 1.54) is 38.5 Å². The standard InChI is InChI=1S/C15H30/c1-12(2)6-7-13-8-9-14(13)10-11-15(3,4)5/h12-14H,6-11H2,1-5H3. The second-order valence-electron chi connectivity index (χ2n) is 7.17. The van der Waals surface area contributed by atoms with Crippen LogP contribution >= 0.6 is 0 Å². The van der Waals surface area contributed by atoms with Gasteiger partial charge in [0.1, 0.15) is 0 Å². The Labute approximate surface area is 96.8 Å². The van der Waals surface area contributed by atoms with E-state index in [9.17, 15) is 0 Å². The van der Waals surface area contributed by atoms with Crippen molar-refractivity contribution in [1.29, 1.82) is 0 Å². The molecule has 0 nitrogen and oxygen atoms in total. The zero-order valence-corrected chi connectivity index (χ0v) is 11.5. The van der Waals surface area contributed by atoms with Gasteiger partial charge < -0.3 is 0 Å². The van der Waals surface area contributed by atoms with Gasteiger partial charge in [-0.3, -0.25) is 0 Å². The van der Waals surface area contributed by atoms with Crippen LogP contribution in [0.4, 0.5) is 0 Å². The summed E-state index contributed by atoms with van der Waals surface area (Å²) in [5, 5.41) is 0. The van der Waals surface area contributed by atoms with Crippen LogP contribution in [0.25, 0.3) is 0 Å². The Balaban J connectivity index is 2.15. The van der Waals surface area contributed by atoms with Gasteiger partial charge in [0.15, 0.2) is 0 Å². The second-order valence-corrected chi connectivity index (χ2v) is 7.17. The van der Waals surface area contributed by atoms with Crippen molar-refractivity contribution in [2.24, 2.45) is 23.2 Å². The molecule has 0 amide bonds. The fraction of sp³-hybridized carbons (Fsp3) is 1.00. The molecule has 1 rings (SSSR count). The molecule has 0 spiro atoms. The molecule has 0 bridgehead atoms. The van der Waals surface area contributed by atoms with Gasteiger partial charge in [-0.25, -0.2) is 0 Å². The van der Waals surface area contributed by atoms with Crippen LogP contribution in [0.15, 0.2) is 0 Å². The largest absolute Gasteiger partial charge is 0.0628 e. The summed E-state index contributed by atoms with van der Waals surface area (Å²) in [6.45, 7) is 11.8. The molecule has 0 aromatic carbocycles.